The Bertz CT molecular complexity index is 1000. The molecule has 0 aliphatic rings. The molecule has 0 saturated carbocycles. The van der Waals surface area contributed by atoms with Crippen molar-refractivity contribution >= 4 is 20.0 Å². The van der Waals surface area contributed by atoms with Crippen molar-refractivity contribution in [2.24, 2.45) is 0 Å². The first-order valence-corrected chi connectivity index (χ1v) is 21.0. The van der Waals surface area contributed by atoms with E-state index in [1.54, 1.807) is 0 Å². The van der Waals surface area contributed by atoms with Gasteiger partial charge in [0, 0.05) is 19.3 Å². The summed E-state index contributed by atoms with van der Waals surface area (Å²) < 4.78 is 65.5. The second-order valence-electron chi connectivity index (χ2n) is 13.5. The average Bonchev–Trinajstić information content (AvgIpc) is 2.94. The molecule has 45 heavy (non-hydrogen) atoms. The van der Waals surface area contributed by atoms with E-state index in [0.717, 1.165) is 23.0 Å². The van der Waals surface area contributed by atoms with E-state index in [0.29, 0.717) is 32.5 Å². The van der Waals surface area contributed by atoms with Gasteiger partial charge in [0.05, 0.1) is 68.6 Å². The largest absolute Gasteiger partial charge is 0.748 e. The van der Waals surface area contributed by atoms with Gasteiger partial charge in [-0.1, -0.05) is 134 Å². The Morgan fingerprint density at radius 2 is 1.16 bits per heavy atom. The highest BCUT2D eigenvalue weighted by Gasteiger charge is 2.21. The third-order valence-electron chi connectivity index (χ3n) is 7.50. The summed E-state index contributed by atoms with van der Waals surface area (Å²) in [6, 6.07) is 9.93. The van der Waals surface area contributed by atoms with Crippen molar-refractivity contribution in [2.75, 3.05) is 58.7 Å². The van der Waals surface area contributed by atoms with Crippen molar-refractivity contribution in [2.45, 2.75) is 129 Å². The number of unbranched alkanes of at least 4 members (excludes halogenated alkanes) is 15. The number of benzene rings is 1. The van der Waals surface area contributed by atoms with Crippen molar-refractivity contribution in [3.05, 3.63) is 35.9 Å². The topological polar surface area (TPSA) is 110 Å². The first-order chi connectivity index (χ1) is 21.2. The zero-order valence-electron chi connectivity index (χ0n) is 29.3. The summed E-state index contributed by atoms with van der Waals surface area (Å²) in [6.45, 7) is 4.53. The van der Waals surface area contributed by atoms with Gasteiger partial charge in [-0.15, -0.1) is 0 Å². The molecule has 0 saturated heterocycles. The summed E-state index contributed by atoms with van der Waals surface area (Å²) in [6.07, 6.45) is 22.4. The molecule has 0 bridgehead atoms. The SMILES string of the molecule is CCCCCCCCCCCCCCCCCCOCC(CS(=O)(=O)CCC[N+](C)(C)C)OCc1ccccc1.CS(=O)(=O)[O-]. The van der Waals surface area contributed by atoms with Crippen molar-refractivity contribution in [1.29, 1.82) is 0 Å². The second-order valence-corrected chi connectivity index (χ2v) is 17.1. The van der Waals surface area contributed by atoms with Crippen LogP contribution in [0.2, 0.25) is 0 Å². The fourth-order valence-electron chi connectivity index (χ4n) is 5.03. The number of sulfone groups is 1. The molecule has 1 aromatic carbocycles. The minimum atomic E-state index is -3.92. The molecule has 0 heterocycles. The minimum absolute atomic E-state index is 0.0237. The quantitative estimate of drug-likeness (QED) is 0.0513. The van der Waals surface area contributed by atoms with Gasteiger partial charge in [-0.05, 0) is 12.0 Å². The highest BCUT2D eigenvalue weighted by molar-refractivity contribution is 7.91. The lowest BCUT2D eigenvalue weighted by Gasteiger charge is -2.24. The third-order valence-corrected chi connectivity index (χ3v) is 9.29. The molecule has 8 nitrogen and oxygen atoms in total. The predicted octanol–water partition coefficient (Wildman–Crippen LogP) is 7.52. The molecule has 1 unspecified atom stereocenters. The van der Waals surface area contributed by atoms with E-state index in [1.807, 2.05) is 30.3 Å². The van der Waals surface area contributed by atoms with Gasteiger partial charge in [0.2, 0.25) is 0 Å². The predicted molar refractivity (Wildman–Crippen MR) is 187 cm³/mol. The van der Waals surface area contributed by atoms with Gasteiger partial charge < -0.3 is 18.5 Å². The summed E-state index contributed by atoms with van der Waals surface area (Å²) in [4.78, 5) is 0. The molecule has 0 aliphatic carbocycles. The van der Waals surface area contributed by atoms with E-state index in [1.165, 1.54) is 96.3 Å². The molecule has 1 rings (SSSR count). The van der Waals surface area contributed by atoms with Crippen LogP contribution in [-0.4, -0.2) is 90.6 Å². The normalized spacial score (nSPS) is 12.9. The van der Waals surface area contributed by atoms with Crippen LogP contribution in [0.4, 0.5) is 0 Å². The molecular formula is C35H67NO7S2. The Morgan fingerprint density at radius 1 is 0.711 bits per heavy atom. The van der Waals surface area contributed by atoms with Gasteiger partial charge in [-0.2, -0.15) is 0 Å². The molecule has 10 heteroatoms. The molecule has 0 radical (unpaired) electrons. The molecule has 1 atom stereocenters. The summed E-state index contributed by atoms with van der Waals surface area (Å²) in [5, 5.41) is 0. The van der Waals surface area contributed by atoms with Crippen LogP contribution in [0.5, 0.6) is 0 Å². The maximum Gasteiger partial charge on any atom is 0.153 e. The Morgan fingerprint density at radius 3 is 1.60 bits per heavy atom. The monoisotopic (exact) mass is 677 g/mol. The maximum absolute atomic E-state index is 12.8. The molecule has 0 spiro atoms. The molecule has 0 aromatic heterocycles. The van der Waals surface area contributed by atoms with Crippen LogP contribution in [-0.2, 0) is 36.0 Å². The van der Waals surface area contributed by atoms with E-state index in [2.05, 4.69) is 28.1 Å². The van der Waals surface area contributed by atoms with Gasteiger partial charge in [-0.25, -0.2) is 16.8 Å². The molecule has 0 N–H and O–H groups in total. The fraction of sp³-hybridized carbons (Fsp3) is 0.829. The smallest absolute Gasteiger partial charge is 0.153 e. The number of hydrogen-bond donors (Lipinski definition) is 0. The molecule has 266 valence electrons. The number of nitrogens with zero attached hydrogens (tertiary/aromatic N) is 1. The molecular weight excluding hydrogens is 611 g/mol. The van der Waals surface area contributed by atoms with Gasteiger partial charge in [0.25, 0.3) is 0 Å². The molecule has 1 aromatic rings. The number of rotatable bonds is 28. The lowest BCUT2D eigenvalue weighted by molar-refractivity contribution is -0.870. The van der Waals surface area contributed by atoms with Crippen LogP contribution in [0.15, 0.2) is 30.3 Å². The second kappa shape index (κ2) is 27.0. The van der Waals surface area contributed by atoms with Gasteiger partial charge in [0.1, 0.15) is 0 Å². The molecule has 0 aliphatic heterocycles. The highest BCUT2D eigenvalue weighted by Crippen LogP contribution is 2.14. The Kier molecular flexibility index (Phi) is 26.3. The van der Waals surface area contributed by atoms with Crippen molar-refractivity contribution < 1.29 is 35.3 Å². The van der Waals surface area contributed by atoms with Crippen molar-refractivity contribution in [3.63, 3.8) is 0 Å². The summed E-state index contributed by atoms with van der Waals surface area (Å²) in [7, 11) is -0.849. The van der Waals surface area contributed by atoms with E-state index < -0.39 is 26.1 Å². The van der Waals surface area contributed by atoms with E-state index >= 15 is 0 Å². The summed E-state index contributed by atoms with van der Waals surface area (Å²) in [5.41, 5.74) is 1.05. The molecule has 0 fully saturated rings. The Labute approximate surface area is 277 Å². The van der Waals surface area contributed by atoms with Crippen molar-refractivity contribution in [1.82, 2.24) is 0 Å². The van der Waals surface area contributed by atoms with Crippen LogP contribution in [0.1, 0.15) is 122 Å². The van der Waals surface area contributed by atoms with E-state index in [-0.39, 0.29) is 11.5 Å². The first-order valence-electron chi connectivity index (χ1n) is 17.4. The lowest BCUT2D eigenvalue weighted by atomic mass is 10.0. The summed E-state index contributed by atoms with van der Waals surface area (Å²) in [5.74, 6) is 0.225. The maximum atomic E-state index is 12.8. The minimum Gasteiger partial charge on any atom is -0.748 e. The third kappa shape index (κ3) is 35.7. The number of hydrogen-bond acceptors (Lipinski definition) is 7. The standard InChI is InChI=1S/C34H64NO4S.CH4O3S/c1-5-6-7-8-9-10-11-12-13-14-15-16-17-18-19-23-28-38-31-34(39-30-33-25-21-20-22-26-33)32-40(36,37)29-24-27-35(2,3)4;1-5(2,3)4/h20-22,25-26,34H,5-19,23-24,27-32H2,1-4H3;1H3,(H,2,3,4)/q+1;/p-1. The Balaban J connectivity index is 0.00000356. The highest BCUT2D eigenvalue weighted by atomic mass is 32.2. The van der Waals surface area contributed by atoms with Crippen LogP contribution in [0.25, 0.3) is 0 Å². The zero-order valence-corrected chi connectivity index (χ0v) is 31.0. The van der Waals surface area contributed by atoms with E-state index in [9.17, 15) is 8.42 Å². The first kappa shape index (κ1) is 44.0. The lowest BCUT2D eigenvalue weighted by Crippen LogP contribution is -2.37. The number of quaternary nitrogens is 1. The van der Waals surface area contributed by atoms with Gasteiger partial charge in [-0.3, -0.25) is 0 Å². The van der Waals surface area contributed by atoms with Gasteiger partial charge >= 0.3 is 0 Å². The summed E-state index contributed by atoms with van der Waals surface area (Å²) >= 11 is 0. The van der Waals surface area contributed by atoms with Crippen LogP contribution < -0.4 is 0 Å². The molecule has 0 amide bonds. The van der Waals surface area contributed by atoms with Crippen molar-refractivity contribution in [3.8, 4) is 0 Å². The average molecular weight is 678 g/mol. The van der Waals surface area contributed by atoms with E-state index in [4.69, 9.17) is 22.4 Å². The van der Waals surface area contributed by atoms with Crippen LogP contribution >= 0.6 is 0 Å². The van der Waals surface area contributed by atoms with Crippen LogP contribution in [0.3, 0.4) is 0 Å². The zero-order chi connectivity index (χ0) is 33.9. The fourth-order valence-corrected chi connectivity index (χ4v) is 6.52. The Hall–Kier alpha value is -1.04. The van der Waals surface area contributed by atoms with Gasteiger partial charge in [0.15, 0.2) is 9.84 Å². The number of ether oxygens (including phenoxy) is 2. The van der Waals surface area contributed by atoms with Crippen LogP contribution in [0, 0.1) is 0 Å².